The summed E-state index contributed by atoms with van der Waals surface area (Å²) in [5, 5.41) is 274. The van der Waals surface area contributed by atoms with Gasteiger partial charge in [0.25, 0.3) is 0 Å². The summed E-state index contributed by atoms with van der Waals surface area (Å²) in [5.74, 6) is -52.1. The highest BCUT2D eigenvalue weighted by atomic mass is 16.8. The lowest BCUT2D eigenvalue weighted by Gasteiger charge is -2.44. The van der Waals surface area contributed by atoms with Crippen LogP contribution >= 0.6 is 0 Å². The summed E-state index contributed by atoms with van der Waals surface area (Å²) in [6.45, 7) is -2.85. The van der Waals surface area contributed by atoms with E-state index >= 15 is 9.59 Å². The van der Waals surface area contributed by atoms with E-state index in [-0.39, 0.29) is 18.2 Å². The maximum Gasteiger partial charge on any atom is 0.344 e. The molecular weight excluding hydrogens is 1520 g/mol. The van der Waals surface area contributed by atoms with Crippen molar-refractivity contribution < 1.29 is 218 Å². The number of cyclic esters (lactones) is 2. The molecule has 2 fully saturated rings. The van der Waals surface area contributed by atoms with Crippen LogP contribution in [-0.2, 0) is 47.4 Å². The Morgan fingerprint density at radius 1 is 0.304 bits per heavy atom. The molecule has 0 bridgehead atoms. The number of fused-ring (bicyclic) bond motifs is 13. The average molecular weight is 1570 g/mol. The third kappa shape index (κ3) is 12.0. The van der Waals surface area contributed by atoms with Crippen molar-refractivity contribution in [3.63, 3.8) is 0 Å². The van der Waals surface area contributed by atoms with Gasteiger partial charge < -0.3 is 180 Å². The fourth-order valence-corrected chi connectivity index (χ4v) is 12.5. The highest BCUT2D eigenvalue weighted by Gasteiger charge is 2.57. The molecule has 0 radical (unpaired) electrons. The van der Waals surface area contributed by atoms with Crippen LogP contribution in [0.25, 0.3) is 33.4 Å². The Labute approximate surface area is 614 Å². The molecule has 584 valence electrons. The number of aromatic hydroxyl groups is 23. The van der Waals surface area contributed by atoms with E-state index in [9.17, 15) is 156 Å². The van der Waals surface area contributed by atoms with Gasteiger partial charge in [-0.2, -0.15) is 0 Å². The van der Waals surface area contributed by atoms with E-state index in [1.54, 1.807) is 0 Å². The number of carbonyl (C=O) groups excluding carboxylic acids is 8. The summed E-state index contributed by atoms with van der Waals surface area (Å²) in [4.78, 5) is 116. The van der Waals surface area contributed by atoms with Crippen LogP contribution in [0.5, 0.6) is 144 Å². The predicted molar refractivity (Wildman–Crippen MR) is 344 cm³/mol. The molecule has 2 saturated heterocycles. The molecule has 0 aromatic heterocycles. The molecule has 5 heterocycles. The SMILES string of the molecule is O=C(OC1OC2COC(=O)c3cc(Oc4c(C(=O)OC5OC6COC(=O)c7cc(O)c(O)c(O)c7-c7c(cc(O)c(O)c7O)C(=O)OC6C(O)C5O)cc(O)c(O)c4O)c(O)c(O)c3-c3c(cc(O)c(O)c3O)C(=O)OC2C2OC(=O)c3cc(O)c(O)c(O)c3-c3c(cc(O)c(O)c3O)C(=O)OC12)c1cc(O)c(O)c(O)c1. The lowest BCUT2D eigenvalue weighted by atomic mass is 9.91. The first-order valence-electron chi connectivity index (χ1n) is 31.2. The minimum atomic E-state index is -2.77. The smallest absolute Gasteiger partial charge is 0.344 e. The van der Waals surface area contributed by atoms with Crippen LogP contribution in [0.3, 0.4) is 0 Å². The van der Waals surface area contributed by atoms with Crippen LogP contribution in [-0.4, -0.2) is 250 Å². The fourth-order valence-electron chi connectivity index (χ4n) is 12.5. The number of ether oxygens (including phenoxy) is 11. The first-order chi connectivity index (χ1) is 52.7. The third-order valence-corrected chi connectivity index (χ3v) is 17.9. The van der Waals surface area contributed by atoms with Gasteiger partial charge in [-0.15, -0.1) is 0 Å². The first-order valence-corrected chi connectivity index (χ1v) is 31.2. The number of esters is 8. The van der Waals surface area contributed by atoms with Crippen LogP contribution in [0.1, 0.15) is 82.9 Å². The number of rotatable bonds is 6. The molecular formula is C68H48O44. The van der Waals surface area contributed by atoms with Gasteiger partial charge in [-0.25, -0.2) is 38.4 Å². The topological polar surface area (TPSA) is 744 Å². The molecule has 44 heteroatoms. The van der Waals surface area contributed by atoms with Crippen molar-refractivity contribution in [2.24, 2.45) is 0 Å². The number of carbonyl (C=O) groups is 8. The lowest BCUT2D eigenvalue weighted by molar-refractivity contribution is -0.284. The summed E-state index contributed by atoms with van der Waals surface area (Å²) < 4.78 is 61.4. The molecule has 8 aromatic carbocycles. The fraction of sp³-hybridized carbons (Fsp3) is 0.176. The van der Waals surface area contributed by atoms with E-state index in [4.69, 9.17) is 52.1 Å². The average Bonchev–Trinajstić information content (AvgIpc) is 0.885. The number of phenols is 23. The molecule has 5 aliphatic rings. The van der Waals surface area contributed by atoms with Gasteiger partial charge in [0.05, 0.1) is 38.9 Å². The second-order valence-corrected chi connectivity index (χ2v) is 24.6. The number of phenolic OH excluding ortho intramolecular Hbond substituents is 23. The molecule has 0 aliphatic carbocycles. The van der Waals surface area contributed by atoms with Crippen LogP contribution in [0.15, 0.2) is 54.6 Å². The molecule has 10 unspecified atom stereocenters. The zero-order valence-corrected chi connectivity index (χ0v) is 54.8. The van der Waals surface area contributed by atoms with Crippen molar-refractivity contribution in [2.45, 2.75) is 61.4 Å². The van der Waals surface area contributed by atoms with Gasteiger partial charge in [0, 0.05) is 45.5 Å². The van der Waals surface area contributed by atoms with Gasteiger partial charge in [0.1, 0.15) is 43.2 Å². The Balaban J connectivity index is 0.883. The van der Waals surface area contributed by atoms with Gasteiger partial charge in [-0.3, -0.25) is 0 Å². The Hall–Kier alpha value is -15.4. The molecule has 0 saturated carbocycles. The Kier molecular flexibility index (Phi) is 18.1. The normalized spacial score (nSPS) is 21.3. The van der Waals surface area contributed by atoms with E-state index in [2.05, 4.69) is 0 Å². The zero-order chi connectivity index (χ0) is 81.5. The van der Waals surface area contributed by atoms with Gasteiger partial charge in [-0.05, 0) is 42.5 Å². The van der Waals surface area contributed by atoms with Crippen LogP contribution in [0.4, 0.5) is 0 Å². The Morgan fingerprint density at radius 2 is 0.616 bits per heavy atom. The highest BCUT2D eigenvalue weighted by Crippen LogP contribution is 2.59. The van der Waals surface area contributed by atoms with Gasteiger partial charge in [-0.1, -0.05) is 0 Å². The van der Waals surface area contributed by atoms with E-state index < -0.39 is 344 Å². The number of hydrogen-bond acceptors (Lipinski definition) is 44. The van der Waals surface area contributed by atoms with E-state index in [0.29, 0.717) is 36.4 Å². The van der Waals surface area contributed by atoms with Crippen molar-refractivity contribution in [2.75, 3.05) is 13.2 Å². The quantitative estimate of drug-likeness (QED) is 0.0640. The van der Waals surface area contributed by atoms with E-state index in [1.165, 1.54) is 0 Å². The van der Waals surface area contributed by atoms with E-state index in [1.807, 2.05) is 0 Å². The van der Waals surface area contributed by atoms with Crippen molar-refractivity contribution in [1.29, 1.82) is 0 Å². The maximum absolute atomic E-state index is 15.1. The van der Waals surface area contributed by atoms with Crippen molar-refractivity contribution in [3.05, 3.63) is 99.1 Å². The summed E-state index contributed by atoms with van der Waals surface area (Å²) in [5.41, 5.74) is -16.9. The van der Waals surface area contributed by atoms with Gasteiger partial charge in [0.15, 0.2) is 116 Å². The number of aliphatic hydroxyl groups is 2. The minimum Gasteiger partial charge on any atom is -0.504 e. The summed E-state index contributed by atoms with van der Waals surface area (Å²) >= 11 is 0. The van der Waals surface area contributed by atoms with Gasteiger partial charge >= 0.3 is 47.8 Å². The molecule has 8 aromatic rings. The van der Waals surface area contributed by atoms with E-state index in [0.717, 1.165) is 0 Å². The molecule has 10 atom stereocenters. The number of hydrogen-bond donors (Lipinski definition) is 25. The molecule has 112 heavy (non-hydrogen) atoms. The third-order valence-electron chi connectivity index (χ3n) is 17.9. The van der Waals surface area contributed by atoms with Crippen LogP contribution < -0.4 is 4.74 Å². The Morgan fingerprint density at radius 3 is 1.04 bits per heavy atom. The Bertz CT molecular complexity index is 5480. The largest absolute Gasteiger partial charge is 0.504 e. The summed E-state index contributed by atoms with van der Waals surface area (Å²) in [7, 11) is 0. The van der Waals surface area contributed by atoms with Crippen LogP contribution in [0, 0.1) is 0 Å². The zero-order valence-electron chi connectivity index (χ0n) is 54.8. The standard InChI is InChI=1S/C68H48O44/c69-20-1-12(2-21(70)37(20)77)59(94)111-68-58-57(109-64(99)16-6-25(74)40(80)47(87)33(16)34-17(65(100)110-58)7-26(75)41(81)48(34)88)56-30(106-68)11-103-61(96)18-9-28(44(84)50(90)36(18)35-15(63(98)108-56)5-24(73)42(82)49(35)89)104-54-19(8-27(76)43(83)51(54)91)66(101)112-67-53(93)52(92)55-29(105-67)10-102-60(95)13-3-22(71)38(78)45(85)31(13)32-14(62(97)107-55)4-23(72)39(79)46(32)86/h1-9,29-30,52-53,55-58,67-93H,10-11H2. The monoisotopic (exact) mass is 1570 g/mol. The first kappa shape index (κ1) is 74.8. The lowest BCUT2D eigenvalue weighted by Crippen LogP contribution is -2.63. The number of aliphatic hydroxyl groups excluding tert-OH is 2. The molecule has 0 spiro atoms. The number of benzene rings is 8. The summed E-state index contributed by atoms with van der Waals surface area (Å²) in [6, 6.07) is 3.11. The maximum atomic E-state index is 15.1. The second kappa shape index (κ2) is 27.1. The second-order valence-electron chi connectivity index (χ2n) is 24.6. The molecule has 25 N–H and O–H groups in total. The van der Waals surface area contributed by atoms with Crippen LogP contribution in [0.2, 0.25) is 0 Å². The molecule has 44 nitrogen and oxygen atoms in total. The molecule has 13 rings (SSSR count). The molecule has 5 aliphatic heterocycles. The molecule has 0 amide bonds. The predicted octanol–water partition coefficient (Wildman–Crippen LogP) is 1.75. The van der Waals surface area contributed by atoms with Crippen molar-refractivity contribution in [3.8, 4) is 177 Å². The highest BCUT2D eigenvalue weighted by molar-refractivity contribution is 6.12. The minimum absolute atomic E-state index is 0.215. The van der Waals surface area contributed by atoms with Crippen molar-refractivity contribution >= 4 is 47.8 Å². The summed E-state index contributed by atoms with van der Waals surface area (Å²) in [6.07, 6.45) is -25.8. The van der Waals surface area contributed by atoms with Crippen molar-refractivity contribution in [1.82, 2.24) is 0 Å². The van der Waals surface area contributed by atoms with Gasteiger partial charge in [0.2, 0.25) is 64.7 Å².